The SMILES string of the molecule is CC[C@H](c1cccc(C2CC2)n1)N1C(=O)[C@@](C)(CC(=O)O)C[C@H](c2cccc(Cl)c2)[C@H]1c1ccc(Cl)cc1. The third kappa shape index (κ3) is 5.32. The molecule has 2 aromatic carbocycles. The second kappa shape index (κ2) is 10.7. The second-order valence-electron chi connectivity index (χ2n) is 10.9. The summed E-state index contributed by atoms with van der Waals surface area (Å²) >= 11 is 12.7. The van der Waals surface area contributed by atoms with Crippen molar-refractivity contribution in [2.75, 3.05) is 0 Å². The highest BCUT2D eigenvalue weighted by Crippen LogP contribution is 2.54. The number of hydrogen-bond acceptors (Lipinski definition) is 3. The molecule has 38 heavy (non-hydrogen) atoms. The van der Waals surface area contributed by atoms with Crippen molar-refractivity contribution in [3.63, 3.8) is 0 Å². The van der Waals surface area contributed by atoms with Gasteiger partial charge in [-0.2, -0.15) is 0 Å². The van der Waals surface area contributed by atoms with Crippen LogP contribution in [0.2, 0.25) is 10.0 Å². The first-order chi connectivity index (χ1) is 18.2. The number of halogens is 2. The van der Waals surface area contributed by atoms with Crippen LogP contribution in [0.25, 0.3) is 0 Å². The highest BCUT2D eigenvalue weighted by molar-refractivity contribution is 6.30. The molecule has 2 aliphatic rings. The van der Waals surface area contributed by atoms with Gasteiger partial charge in [0.25, 0.3) is 0 Å². The summed E-state index contributed by atoms with van der Waals surface area (Å²) in [6, 6.07) is 20.7. The number of rotatable bonds is 8. The van der Waals surface area contributed by atoms with Crippen molar-refractivity contribution in [2.45, 2.75) is 69.9 Å². The van der Waals surface area contributed by atoms with Gasteiger partial charge in [0.1, 0.15) is 0 Å². The largest absolute Gasteiger partial charge is 0.481 e. The van der Waals surface area contributed by atoms with E-state index in [1.807, 2.05) is 65.6 Å². The zero-order valence-electron chi connectivity index (χ0n) is 21.6. The fraction of sp³-hybridized carbons (Fsp3) is 0.387. The van der Waals surface area contributed by atoms with E-state index in [-0.39, 0.29) is 30.3 Å². The Hall–Kier alpha value is -2.89. The molecule has 0 spiro atoms. The minimum atomic E-state index is -1.09. The lowest BCUT2D eigenvalue weighted by molar-refractivity contribution is -0.161. The molecular formula is C31H32Cl2N2O3. The molecule has 1 aliphatic carbocycles. The zero-order valence-corrected chi connectivity index (χ0v) is 23.1. The van der Waals surface area contributed by atoms with Crippen LogP contribution in [-0.2, 0) is 9.59 Å². The molecule has 7 heteroatoms. The van der Waals surface area contributed by atoms with Gasteiger partial charge in [0.2, 0.25) is 5.91 Å². The highest BCUT2D eigenvalue weighted by Gasteiger charge is 2.52. The van der Waals surface area contributed by atoms with Crippen molar-refractivity contribution in [1.82, 2.24) is 9.88 Å². The van der Waals surface area contributed by atoms with Gasteiger partial charge in [0, 0.05) is 27.6 Å². The van der Waals surface area contributed by atoms with Crippen LogP contribution in [0.15, 0.2) is 66.7 Å². The minimum absolute atomic E-state index is 0.163. The van der Waals surface area contributed by atoms with Crippen LogP contribution in [0.5, 0.6) is 0 Å². The molecule has 2 fully saturated rings. The lowest BCUT2D eigenvalue weighted by Gasteiger charge is -2.51. The van der Waals surface area contributed by atoms with E-state index in [1.165, 1.54) is 0 Å². The maximum absolute atomic E-state index is 14.5. The highest BCUT2D eigenvalue weighted by atomic mass is 35.5. The smallest absolute Gasteiger partial charge is 0.304 e. The van der Waals surface area contributed by atoms with E-state index in [9.17, 15) is 14.7 Å². The Morgan fingerprint density at radius 1 is 1.05 bits per heavy atom. The van der Waals surface area contributed by atoms with Gasteiger partial charge >= 0.3 is 5.97 Å². The molecule has 0 unspecified atom stereocenters. The second-order valence-corrected chi connectivity index (χ2v) is 11.8. The van der Waals surface area contributed by atoms with E-state index in [0.717, 1.165) is 35.4 Å². The summed E-state index contributed by atoms with van der Waals surface area (Å²) in [5, 5.41) is 11.1. The predicted octanol–water partition coefficient (Wildman–Crippen LogP) is 7.96. The quantitative estimate of drug-likeness (QED) is 0.308. The molecule has 1 N–H and O–H groups in total. The first-order valence-corrected chi connectivity index (χ1v) is 14.0. The van der Waals surface area contributed by atoms with Crippen molar-refractivity contribution in [3.8, 4) is 0 Å². The summed E-state index contributed by atoms with van der Waals surface area (Å²) in [6.07, 6.45) is 3.04. The van der Waals surface area contributed by atoms with Crippen molar-refractivity contribution in [1.29, 1.82) is 0 Å². The molecule has 1 saturated carbocycles. The van der Waals surface area contributed by atoms with Gasteiger partial charge in [-0.3, -0.25) is 14.6 Å². The maximum atomic E-state index is 14.5. The molecule has 1 amide bonds. The molecule has 2 heterocycles. The Balaban J connectivity index is 1.70. The van der Waals surface area contributed by atoms with Gasteiger partial charge < -0.3 is 10.0 Å². The molecular weight excluding hydrogens is 519 g/mol. The lowest BCUT2D eigenvalue weighted by Crippen LogP contribution is -2.53. The van der Waals surface area contributed by atoms with Crippen molar-refractivity contribution >= 4 is 35.1 Å². The van der Waals surface area contributed by atoms with Crippen molar-refractivity contribution in [3.05, 3.63) is 99.3 Å². The topological polar surface area (TPSA) is 70.5 Å². The van der Waals surface area contributed by atoms with E-state index in [4.69, 9.17) is 28.2 Å². The van der Waals surface area contributed by atoms with Crippen LogP contribution in [0.3, 0.4) is 0 Å². The third-order valence-electron chi connectivity index (χ3n) is 7.98. The zero-order chi connectivity index (χ0) is 27.0. The number of carboxylic acid groups (broad SMARTS) is 1. The predicted molar refractivity (Wildman–Crippen MR) is 149 cm³/mol. The van der Waals surface area contributed by atoms with Crippen molar-refractivity contribution in [2.24, 2.45) is 5.41 Å². The number of amides is 1. The molecule has 5 nitrogen and oxygen atoms in total. The molecule has 1 aromatic heterocycles. The number of carbonyl (C=O) groups is 2. The molecule has 0 radical (unpaired) electrons. The van der Waals surface area contributed by atoms with Crippen molar-refractivity contribution < 1.29 is 14.7 Å². The Morgan fingerprint density at radius 3 is 2.39 bits per heavy atom. The number of likely N-dealkylation sites (tertiary alicyclic amines) is 1. The maximum Gasteiger partial charge on any atom is 0.304 e. The standard InChI is InChI=1S/C31H32Cl2N2O3/c1-3-27(26-9-5-8-25(34-26)19-10-11-19)35-29(20-12-14-22(32)15-13-20)24(21-6-4-7-23(33)16-21)17-31(2,30(35)38)18-28(36)37/h4-9,12-16,19,24,27,29H,3,10-11,17-18H2,1-2H3,(H,36,37)/t24-,27-,29-,31-/m1/s1. The number of hydrogen-bond donors (Lipinski definition) is 1. The minimum Gasteiger partial charge on any atom is -0.481 e. The van der Waals surface area contributed by atoms with Crippen LogP contribution in [0, 0.1) is 5.41 Å². The van der Waals surface area contributed by atoms with E-state index >= 15 is 0 Å². The molecule has 1 saturated heterocycles. The molecule has 0 bridgehead atoms. The van der Waals surface area contributed by atoms with Gasteiger partial charge in [-0.05, 0) is 73.2 Å². The van der Waals surface area contributed by atoms with Crippen LogP contribution in [0.1, 0.15) is 92.4 Å². The fourth-order valence-electron chi connectivity index (χ4n) is 6.03. The Kier molecular flexibility index (Phi) is 7.52. The summed E-state index contributed by atoms with van der Waals surface area (Å²) in [7, 11) is 0. The number of carbonyl (C=O) groups excluding carboxylic acids is 1. The summed E-state index contributed by atoms with van der Waals surface area (Å²) < 4.78 is 0. The molecule has 4 atom stereocenters. The number of aliphatic carboxylic acids is 1. The van der Waals surface area contributed by atoms with E-state index in [1.54, 1.807) is 6.92 Å². The van der Waals surface area contributed by atoms with E-state index in [2.05, 4.69) is 13.0 Å². The van der Waals surface area contributed by atoms with Gasteiger partial charge in [-0.1, -0.05) is 67.4 Å². The van der Waals surface area contributed by atoms with Gasteiger partial charge in [-0.15, -0.1) is 0 Å². The number of aromatic nitrogens is 1. The lowest BCUT2D eigenvalue weighted by atomic mass is 9.67. The Morgan fingerprint density at radius 2 is 1.76 bits per heavy atom. The Labute approximate surface area is 233 Å². The average Bonchev–Trinajstić information content (AvgIpc) is 3.73. The van der Waals surface area contributed by atoms with E-state index < -0.39 is 11.4 Å². The Bertz CT molecular complexity index is 1340. The molecule has 3 aromatic rings. The summed E-state index contributed by atoms with van der Waals surface area (Å²) in [6.45, 7) is 3.84. The molecule has 198 valence electrons. The molecule has 5 rings (SSSR count). The number of piperidine rings is 1. The first kappa shape index (κ1) is 26.7. The molecule has 1 aliphatic heterocycles. The van der Waals surface area contributed by atoms with Crippen LogP contribution < -0.4 is 0 Å². The van der Waals surface area contributed by atoms with E-state index in [0.29, 0.717) is 28.8 Å². The van der Waals surface area contributed by atoms with Gasteiger partial charge in [-0.25, -0.2) is 0 Å². The summed E-state index contributed by atoms with van der Waals surface area (Å²) in [5.74, 6) is -0.855. The monoisotopic (exact) mass is 550 g/mol. The summed E-state index contributed by atoms with van der Waals surface area (Å²) in [5.41, 5.74) is 2.73. The summed E-state index contributed by atoms with van der Waals surface area (Å²) in [4.78, 5) is 33.4. The average molecular weight is 552 g/mol. The first-order valence-electron chi connectivity index (χ1n) is 13.2. The third-order valence-corrected chi connectivity index (χ3v) is 8.47. The van der Waals surface area contributed by atoms with Crippen LogP contribution >= 0.6 is 23.2 Å². The number of nitrogens with zero attached hydrogens (tertiary/aromatic N) is 2. The number of pyridine rings is 1. The van der Waals surface area contributed by atoms with Crippen LogP contribution in [0.4, 0.5) is 0 Å². The number of carboxylic acids is 1. The normalized spacial score (nSPS) is 24.3. The fourth-order valence-corrected chi connectivity index (χ4v) is 6.36. The number of benzene rings is 2. The van der Waals surface area contributed by atoms with Crippen LogP contribution in [-0.4, -0.2) is 26.9 Å². The van der Waals surface area contributed by atoms with Gasteiger partial charge in [0.15, 0.2) is 0 Å². The van der Waals surface area contributed by atoms with Gasteiger partial charge in [0.05, 0.1) is 29.6 Å².